The van der Waals surface area contributed by atoms with Crippen LogP contribution in [0.25, 0.3) is 0 Å². The molecule has 0 aliphatic rings. The van der Waals surface area contributed by atoms with Crippen LogP contribution < -0.4 is 19.1 Å². The number of sulfonamides is 1. The molecule has 0 fully saturated rings. The predicted octanol–water partition coefficient (Wildman–Crippen LogP) is 7.75. The fourth-order valence-electron chi connectivity index (χ4n) is 4.78. The molecule has 0 amide bonds. The first-order chi connectivity index (χ1) is 20.7. The van der Waals surface area contributed by atoms with E-state index in [9.17, 15) is 8.42 Å². The van der Waals surface area contributed by atoms with Crippen LogP contribution in [-0.4, -0.2) is 26.3 Å². The first-order valence-electron chi connectivity index (χ1n) is 14.0. The summed E-state index contributed by atoms with van der Waals surface area (Å²) in [4.78, 5) is 7.79. The second-order valence-corrected chi connectivity index (χ2v) is 13.0. The van der Waals surface area contributed by atoms with E-state index >= 15 is 0 Å². The molecule has 9 heteroatoms. The number of ether oxygens (including phenoxy) is 2. The Kier molecular flexibility index (Phi) is 9.64. The SMILES string of the molecule is Cc1ncsc1CCOc1cccc(Oc2ccc(CN(Cc3ccccc3)c3cccc(NS(C)(=O)=O)c3C)cc2)c1. The highest BCUT2D eigenvalue weighted by molar-refractivity contribution is 7.92. The minimum Gasteiger partial charge on any atom is -0.493 e. The second-order valence-electron chi connectivity index (χ2n) is 10.3. The van der Waals surface area contributed by atoms with Gasteiger partial charge in [-0.15, -0.1) is 11.3 Å². The second kappa shape index (κ2) is 13.8. The van der Waals surface area contributed by atoms with Crippen molar-refractivity contribution in [1.29, 1.82) is 0 Å². The van der Waals surface area contributed by atoms with Crippen molar-refractivity contribution >= 4 is 32.7 Å². The van der Waals surface area contributed by atoms with Gasteiger partial charge in [-0.3, -0.25) is 4.72 Å². The summed E-state index contributed by atoms with van der Waals surface area (Å²) in [5, 5.41) is 0. The van der Waals surface area contributed by atoms with Crippen molar-refractivity contribution in [2.24, 2.45) is 0 Å². The summed E-state index contributed by atoms with van der Waals surface area (Å²) in [5.74, 6) is 2.19. The molecule has 0 saturated heterocycles. The third kappa shape index (κ3) is 8.59. The molecule has 0 aliphatic heterocycles. The van der Waals surface area contributed by atoms with Gasteiger partial charge in [0.05, 0.1) is 29.8 Å². The van der Waals surface area contributed by atoms with E-state index in [1.165, 1.54) is 11.1 Å². The van der Waals surface area contributed by atoms with Crippen LogP contribution in [0.3, 0.4) is 0 Å². The minimum atomic E-state index is -3.40. The summed E-state index contributed by atoms with van der Waals surface area (Å²) >= 11 is 1.65. The summed E-state index contributed by atoms with van der Waals surface area (Å²) < 4.78 is 38.7. The van der Waals surface area contributed by atoms with E-state index in [0.717, 1.165) is 46.0 Å². The Morgan fingerprint density at radius 1 is 0.814 bits per heavy atom. The standard InChI is InChI=1S/C34H35N3O4S2/c1-25-32(36-43(3,38)39)13-8-14-33(25)37(22-27-9-5-4-6-10-27)23-28-15-17-29(18-16-28)41-31-12-7-11-30(21-31)40-20-19-34-26(2)35-24-42-34/h4-18,21,24,36H,19-20,22-23H2,1-3H3. The van der Waals surface area contributed by atoms with Gasteiger partial charge < -0.3 is 14.4 Å². The van der Waals surface area contributed by atoms with Crippen molar-refractivity contribution in [2.45, 2.75) is 33.4 Å². The van der Waals surface area contributed by atoms with Gasteiger partial charge in [-0.2, -0.15) is 0 Å². The number of aromatic nitrogens is 1. The van der Waals surface area contributed by atoms with Crippen molar-refractivity contribution in [3.8, 4) is 17.2 Å². The molecule has 0 unspecified atom stereocenters. The van der Waals surface area contributed by atoms with Gasteiger partial charge >= 0.3 is 0 Å². The molecular weight excluding hydrogens is 579 g/mol. The third-order valence-electron chi connectivity index (χ3n) is 6.94. The Labute approximate surface area is 257 Å². The topological polar surface area (TPSA) is 80.8 Å². The largest absolute Gasteiger partial charge is 0.493 e. The number of nitrogens with one attached hydrogen (secondary N) is 1. The van der Waals surface area contributed by atoms with Crippen LogP contribution in [0.4, 0.5) is 11.4 Å². The highest BCUT2D eigenvalue weighted by Gasteiger charge is 2.15. The van der Waals surface area contributed by atoms with E-state index in [-0.39, 0.29) is 0 Å². The lowest BCUT2D eigenvalue weighted by atomic mass is 10.1. The van der Waals surface area contributed by atoms with Gasteiger partial charge in [0.25, 0.3) is 0 Å². The van der Waals surface area contributed by atoms with Crippen LogP contribution in [0.2, 0.25) is 0 Å². The van der Waals surface area contributed by atoms with E-state index in [0.29, 0.717) is 31.1 Å². The summed E-state index contributed by atoms with van der Waals surface area (Å²) in [6.45, 7) is 5.83. The van der Waals surface area contributed by atoms with Gasteiger partial charge in [-0.1, -0.05) is 54.6 Å². The Morgan fingerprint density at radius 2 is 1.51 bits per heavy atom. The molecule has 1 aromatic heterocycles. The van der Waals surface area contributed by atoms with Crippen LogP contribution in [0.5, 0.6) is 17.2 Å². The molecule has 1 N–H and O–H groups in total. The van der Waals surface area contributed by atoms with E-state index in [2.05, 4.69) is 38.9 Å². The number of nitrogens with zero attached hydrogens (tertiary/aromatic N) is 2. The normalized spacial score (nSPS) is 11.2. The molecular formula is C34H35N3O4S2. The van der Waals surface area contributed by atoms with Crippen LogP contribution in [0.1, 0.15) is 27.3 Å². The number of hydrogen-bond donors (Lipinski definition) is 1. The average Bonchev–Trinajstić information content (AvgIpc) is 3.39. The van der Waals surface area contributed by atoms with Gasteiger partial charge in [-0.25, -0.2) is 13.4 Å². The Balaban J connectivity index is 1.28. The maximum atomic E-state index is 12.0. The number of aryl methyl sites for hydroxylation is 1. The average molecular weight is 614 g/mol. The van der Waals surface area contributed by atoms with Gasteiger partial charge in [0, 0.05) is 36.1 Å². The highest BCUT2D eigenvalue weighted by atomic mass is 32.2. The van der Waals surface area contributed by atoms with Gasteiger partial charge in [0.15, 0.2) is 0 Å². The summed E-state index contributed by atoms with van der Waals surface area (Å²) in [5.41, 5.74) is 7.58. The lowest BCUT2D eigenvalue weighted by Gasteiger charge is -2.28. The molecule has 43 heavy (non-hydrogen) atoms. The predicted molar refractivity (Wildman–Crippen MR) is 175 cm³/mol. The quantitative estimate of drug-likeness (QED) is 0.146. The fourth-order valence-corrected chi connectivity index (χ4v) is 6.16. The van der Waals surface area contributed by atoms with Crippen molar-refractivity contribution in [2.75, 3.05) is 22.5 Å². The van der Waals surface area contributed by atoms with E-state index in [1.807, 2.05) is 86.1 Å². The molecule has 4 aromatic carbocycles. The van der Waals surface area contributed by atoms with Crippen molar-refractivity contribution in [3.05, 3.63) is 130 Å². The number of rotatable bonds is 13. The van der Waals surface area contributed by atoms with Crippen LogP contribution >= 0.6 is 11.3 Å². The maximum Gasteiger partial charge on any atom is 0.229 e. The number of thiazole rings is 1. The smallest absolute Gasteiger partial charge is 0.229 e. The van der Waals surface area contributed by atoms with Gasteiger partial charge in [-0.05, 0) is 66.9 Å². The van der Waals surface area contributed by atoms with E-state index in [4.69, 9.17) is 9.47 Å². The summed E-state index contributed by atoms with van der Waals surface area (Å²) in [7, 11) is -3.40. The first-order valence-corrected chi connectivity index (χ1v) is 16.8. The molecule has 0 spiro atoms. The van der Waals surface area contributed by atoms with Crippen LogP contribution in [-0.2, 0) is 29.5 Å². The monoisotopic (exact) mass is 613 g/mol. The Bertz CT molecular complexity index is 1750. The zero-order chi connectivity index (χ0) is 30.2. The summed E-state index contributed by atoms with van der Waals surface area (Å²) in [6, 6.07) is 31.6. The number of benzene rings is 4. The van der Waals surface area contributed by atoms with Gasteiger partial charge in [0.1, 0.15) is 17.2 Å². The van der Waals surface area contributed by atoms with Crippen molar-refractivity contribution in [1.82, 2.24) is 4.98 Å². The molecule has 222 valence electrons. The van der Waals surface area contributed by atoms with Gasteiger partial charge in [0.2, 0.25) is 10.0 Å². The van der Waals surface area contributed by atoms with E-state index in [1.54, 1.807) is 17.4 Å². The summed E-state index contributed by atoms with van der Waals surface area (Å²) in [6.07, 6.45) is 1.99. The van der Waals surface area contributed by atoms with E-state index < -0.39 is 10.0 Å². The molecule has 5 rings (SSSR count). The van der Waals surface area contributed by atoms with Crippen molar-refractivity contribution < 1.29 is 17.9 Å². The molecule has 0 bridgehead atoms. The molecule has 0 aliphatic carbocycles. The molecule has 0 radical (unpaired) electrons. The Morgan fingerprint density at radius 3 is 2.21 bits per heavy atom. The Hall–Kier alpha value is -4.34. The molecule has 5 aromatic rings. The zero-order valence-electron chi connectivity index (χ0n) is 24.5. The first kappa shape index (κ1) is 30.1. The van der Waals surface area contributed by atoms with Crippen molar-refractivity contribution in [3.63, 3.8) is 0 Å². The fraction of sp³-hybridized carbons (Fsp3) is 0.206. The molecule has 1 heterocycles. The minimum absolute atomic E-state index is 0.576. The maximum absolute atomic E-state index is 12.0. The van der Waals surface area contributed by atoms with Crippen LogP contribution in [0.15, 0.2) is 103 Å². The number of anilines is 2. The zero-order valence-corrected chi connectivity index (χ0v) is 26.1. The molecule has 0 saturated carbocycles. The molecule has 7 nitrogen and oxygen atoms in total. The highest BCUT2D eigenvalue weighted by Crippen LogP contribution is 2.31. The number of hydrogen-bond acceptors (Lipinski definition) is 7. The lowest BCUT2D eigenvalue weighted by molar-refractivity contribution is 0.321. The van der Waals surface area contributed by atoms with Crippen LogP contribution in [0, 0.1) is 13.8 Å². The lowest BCUT2D eigenvalue weighted by Crippen LogP contribution is -2.23. The third-order valence-corrected chi connectivity index (χ3v) is 8.52. The molecule has 0 atom stereocenters.